The number of aromatic amines is 1. The predicted octanol–water partition coefficient (Wildman–Crippen LogP) is 1.59. The minimum absolute atomic E-state index is 0.387. The van der Waals surface area contributed by atoms with Gasteiger partial charge in [-0.25, -0.2) is 13.4 Å². The third kappa shape index (κ3) is 3.26. The average Bonchev–Trinajstić information content (AvgIpc) is 3.00. The number of aromatic nitrogens is 2. The van der Waals surface area contributed by atoms with Crippen molar-refractivity contribution in [2.45, 2.75) is 13.5 Å². The Balaban J connectivity index is 1.96. The Labute approximate surface area is 135 Å². The lowest BCUT2D eigenvalue weighted by atomic mass is 10.2. The summed E-state index contributed by atoms with van der Waals surface area (Å²) in [5.41, 5.74) is 2.46. The summed E-state index contributed by atoms with van der Waals surface area (Å²) >= 11 is 0. The highest BCUT2D eigenvalue weighted by Gasteiger charge is 2.22. The molecule has 2 aromatic rings. The molecule has 0 saturated heterocycles. The highest BCUT2D eigenvalue weighted by molar-refractivity contribution is 7.92. The van der Waals surface area contributed by atoms with Crippen LogP contribution in [-0.4, -0.2) is 44.3 Å². The van der Waals surface area contributed by atoms with E-state index in [-0.39, 0.29) is 0 Å². The monoisotopic (exact) mass is 336 g/mol. The molecule has 124 valence electrons. The molecular formula is C15H20N4O3S. The normalized spacial score (nSPS) is 14.3. The van der Waals surface area contributed by atoms with E-state index in [0.29, 0.717) is 25.4 Å². The molecule has 0 amide bonds. The molecule has 3 rings (SSSR count). The molecule has 0 atom stereocenters. The van der Waals surface area contributed by atoms with Gasteiger partial charge in [-0.2, -0.15) is 0 Å². The molecule has 0 spiro atoms. The Bertz CT molecular complexity index is 774. The molecule has 1 aromatic heterocycles. The molecule has 8 heteroatoms. The standard InChI is InChI=1S/C15H20N4O3S/c1-3-19(23(2,20)21)13-4-5-15-14(8-13)18(6-7-22-15)10-12-9-16-11-17-12/h4-5,8-9,11H,3,6-7,10H2,1-2H3,(H,16,17). The fourth-order valence-corrected chi connectivity index (χ4v) is 3.73. The van der Waals surface area contributed by atoms with Gasteiger partial charge in [-0.05, 0) is 25.1 Å². The molecular weight excluding hydrogens is 316 g/mol. The van der Waals surface area contributed by atoms with Gasteiger partial charge in [0.2, 0.25) is 10.0 Å². The third-order valence-electron chi connectivity index (χ3n) is 3.79. The van der Waals surface area contributed by atoms with Crippen molar-refractivity contribution in [3.63, 3.8) is 0 Å². The van der Waals surface area contributed by atoms with Crippen LogP contribution in [-0.2, 0) is 16.6 Å². The van der Waals surface area contributed by atoms with Gasteiger partial charge < -0.3 is 14.6 Å². The molecule has 1 aliphatic heterocycles. The Morgan fingerprint density at radius 1 is 1.43 bits per heavy atom. The molecule has 0 fully saturated rings. The quantitative estimate of drug-likeness (QED) is 0.897. The van der Waals surface area contributed by atoms with Crippen LogP contribution < -0.4 is 13.9 Å². The Morgan fingerprint density at radius 2 is 2.26 bits per heavy atom. The number of rotatable bonds is 5. The van der Waals surface area contributed by atoms with E-state index in [4.69, 9.17) is 4.74 Å². The summed E-state index contributed by atoms with van der Waals surface area (Å²) in [4.78, 5) is 9.34. The van der Waals surface area contributed by atoms with E-state index in [1.54, 1.807) is 12.4 Å². The molecule has 7 nitrogen and oxygen atoms in total. The topological polar surface area (TPSA) is 78.5 Å². The van der Waals surface area contributed by atoms with Crippen LogP contribution in [0.4, 0.5) is 11.4 Å². The van der Waals surface area contributed by atoms with E-state index < -0.39 is 10.0 Å². The highest BCUT2D eigenvalue weighted by atomic mass is 32.2. The maximum absolute atomic E-state index is 11.9. The number of hydrogen-bond donors (Lipinski definition) is 1. The van der Waals surface area contributed by atoms with E-state index in [0.717, 1.165) is 23.7 Å². The first kappa shape index (κ1) is 15.7. The van der Waals surface area contributed by atoms with Crippen LogP contribution in [0.3, 0.4) is 0 Å². The number of anilines is 2. The molecule has 1 aromatic carbocycles. The summed E-state index contributed by atoms with van der Waals surface area (Å²) in [5.74, 6) is 0.764. The minimum Gasteiger partial charge on any atom is -0.490 e. The van der Waals surface area contributed by atoms with Crippen LogP contribution in [0.5, 0.6) is 5.75 Å². The highest BCUT2D eigenvalue weighted by Crippen LogP contribution is 2.36. The van der Waals surface area contributed by atoms with Gasteiger partial charge in [0.1, 0.15) is 12.4 Å². The largest absolute Gasteiger partial charge is 0.490 e. The number of ether oxygens (including phenoxy) is 1. The number of fused-ring (bicyclic) bond motifs is 1. The lowest BCUT2D eigenvalue weighted by Gasteiger charge is -2.32. The van der Waals surface area contributed by atoms with Gasteiger partial charge in [0.25, 0.3) is 0 Å². The second kappa shape index (κ2) is 6.11. The first-order valence-corrected chi connectivity index (χ1v) is 9.31. The second-order valence-electron chi connectivity index (χ2n) is 5.41. The zero-order chi connectivity index (χ0) is 16.4. The molecule has 0 unspecified atom stereocenters. The first-order chi connectivity index (χ1) is 11.0. The van der Waals surface area contributed by atoms with Gasteiger partial charge in [0, 0.05) is 12.7 Å². The summed E-state index contributed by atoms with van der Waals surface area (Å²) in [6.07, 6.45) is 4.72. The lowest BCUT2D eigenvalue weighted by molar-refractivity contribution is 0.306. The van der Waals surface area contributed by atoms with E-state index in [1.807, 2.05) is 25.3 Å². The van der Waals surface area contributed by atoms with Crippen LogP contribution in [0.15, 0.2) is 30.7 Å². The van der Waals surface area contributed by atoms with Gasteiger partial charge in [-0.15, -0.1) is 0 Å². The summed E-state index contributed by atoms with van der Waals surface area (Å²) in [6.45, 7) is 4.18. The molecule has 2 heterocycles. The summed E-state index contributed by atoms with van der Waals surface area (Å²) in [6, 6.07) is 5.47. The van der Waals surface area contributed by atoms with Crippen molar-refractivity contribution in [2.75, 3.05) is 35.2 Å². The minimum atomic E-state index is -3.31. The zero-order valence-electron chi connectivity index (χ0n) is 13.2. The van der Waals surface area contributed by atoms with Crippen LogP contribution >= 0.6 is 0 Å². The number of nitrogens with one attached hydrogen (secondary N) is 1. The van der Waals surface area contributed by atoms with E-state index in [9.17, 15) is 8.42 Å². The van der Waals surface area contributed by atoms with Crippen molar-refractivity contribution in [3.8, 4) is 5.75 Å². The molecule has 23 heavy (non-hydrogen) atoms. The van der Waals surface area contributed by atoms with Crippen molar-refractivity contribution in [3.05, 3.63) is 36.4 Å². The van der Waals surface area contributed by atoms with Crippen LogP contribution in [0.2, 0.25) is 0 Å². The van der Waals surface area contributed by atoms with Crippen molar-refractivity contribution in [2.24, 2.45) is 0 Å². The van der Waals surface area contributed by atoms with Gasteiger partial charge >= 0.3 is 0 Å². The number of sulfonamides is 1. The molecule has 1 aliphatic rings. The van der Waals surface area contributed by atoms with Gasteiger partial charge in [-0.3, -0.25) is 4.31 Å². The van der Waals surface area contributed by atoms with Crippen LogP contribution in [0.1, 0.15) is 12.6 Å². The molecule has 0 bridgehead atoms. The van der Waals surface area contributed by atoms with Crippen molar-refractivity contribution < 1.29 is 13.2 Å². The molecule has 1 N–H and O–H groups in total. The number of hydrogen-bond acceptors (Lipinski definition) is 5. The summed E-state index contributed by atoms with van der Waals surface area (Å²) in [5, 5.41) is 0. The zero-order valence-corrected chi connectivity index (χ0v) is 14.0. The number of benzene rings is 1. The van der Waals surface area contributed by atoms with E-state index >= 15 is 0 Å². The predicted molar refractivity (Wildman–Crippen MR) is 89.4 cm³/mol. The Kier molecular flexibility index (Phi) is 4.16. The molecule has 0 saturated carbocycles. The van der Waals surface area contributed by atoms with Gasteiger partial charge in [-0.1, -0.05) is 0 Å². The number of imidazole rings is 1. The van der Waals surface area contributed by atoms with Crippen molar-refractivity contribution in [1.82, 2.24) is 9.97 Å². The summed E-state index contributed by atoms with van der Waals surface area (Å²) in [7, 11) is -3.31. The molecule has 0 aliphatic carbocycles. The van der Waals surface area contributed by atoms with Crippen molar-refractivity contribution >= 4 is 21.4 Å². The number of H-pyrrole nitrogens is 1. The smallest absolute Gasteiger partial charge is 0.232 e. The Morgan fingerprint density at radius 3 is 2.91 bits per heavy atom. The lowest BCUT2D eigenvalue weighted by Crippen LogP contribution is -2.33. The number of nitrogens with zero attached hydrogens (tertiary/aromatic N) is 3. The van der Waals surface area contributed by atoms with Crippen LogP contribution in [0, 0.1) is 0 Å². The first-order valence-electron chi connectivity index (χ1n) is 7.46. The average molecular weight is 336 g/mol. The van der Waals surface area contributed by atoms with E-state index in [1.165, 1.54) is 10.6 Å². The van der Waals surface area contributed by atoms with Crippen molar-refractivity contribution in [1.29, 1.82) is 0 Å². The maximum atomic E-state index is 11.9. The SMILES string of the molecule is CCN(c1ccc2c(c1)N(Cc1c[nH]cn1)CCO2)S(C)(=O)=O. The summed E-state index contributed by atoms with van der Waals surface area (Å²) < 4.78 is 30.9. The maximum Gasteiger partial charge on any atom is 0.232 e. The second-order valence-corrected chi connectivity index (χ2v) is 7.32. The van der Waals surface area contributed by atoms with Gasteiger partial charge in [0.05, 0.1) is 42.7 Å². The Hall–Kier alpha value is -2.22. The fourth-order valence-electron chi connectivity index (χ4n) is 2.76. The van der Waals surface area contributed by atoms with Gasteiger partial charge in [0.15, 0.2) is 0 Å². The molecule has 0 radical (unpaired) electrons. The fraction of sp³-hybridized carbons (Fsp3) is 0.400. The third-order valence-corrected chi connectivity index (χ3v) is 5.05. The van der Waals surface area contributed by atoms with E-state index in [2.05, 4.69) is 14.9 Å². The van der Waals surface area contributed by atoms with Crippen LogP contribution in [0.25, 0.3) is 0 Å².